The molecule has 18 heavy (non-hydrogen) atoms. The van der Waals surface area contributed by atoms with Gasteiger partial charge in [0.2, 0.25) is 5.91 Å². The molecule has 1 amide bonds. The van der Waals surface area contributed by atoms with Crippen molar-refractivity contribution in [2.45, 2.75) is 6.92 Å². The van der Waals surface area contributed by atoms with Gasteiger partial charge in [0.25, 0.3) is 0 Å². The number of nitrogens with zero attached hydrogens (tertiary/aromatic N) is 1. The molecule has 0 spiro atoms. The fourth-order valence-corrected chi connectivity index (χ4v) is 1.74. The van der Waals surface area contributed by atoms with Crippen LogP contribution in [0.4, 0.5) is 17.3 Å². The summed E-state index contributed by atoms with van der Waals surface area (Å²) in [5.41, 5.74) is 13.7. The van der Waals surface area contributed by atoms with Crippen molar-refractivity contribution < 1.29 is 4.79 Å². The summed E-state index contributed by atoms with van der Waals surface area (Å²) in [5, 5.41) is 2.76. The highest BCUT2D eigenvalue weighted by molar-refractivity contribution is 5.95. The zero-order valence-corrected chi connectivity index (χ0v) is 9.97. The minimum atomic E-state index is -0.135. The minimum Gasteiger partial charge on any atom is -0.384 e. The smallest absolute Gasteiger partial charge is 0.221 e. The second-order valence-corrected chi connectivity index (χ2v) is 3.90. The molecular formula is C13H14N4O. The van der Waals surface area contributed by atoms with Crippen molar-refractivity contribution in [1.82, 2.24) is 4.98 Å². The normalized spacial score (nSPS) is 10.1. The van der Waals surface area contributed by atoms with E-state index < -0.39 is 0 Å². The van der Waals surface area contributed by atoms with E-state index in [1.54, 1.807) is 12.1 Å². The predicted molar refractivity (Wildman–Crippen MR) is 72.8 cm³/mol. The number of anilines is 3. The minimum absolute atomic E-state index is 0.135. The highest BCUT2D eigenvalue weighted by Gasteiger charge is 2.09. The molecule has 0 unspecified atom stereocenters. The van der Waals surface area contributed by atoms with Crippen LogP contribution in [-0.2, 0) is 4.79 Å². The lowest BCUT2D eigenvalue weighted by Crippen LogP contribution is -2.07. The summed E-state index contributed by atoms with van der Waals surface area (Å²) in [4.78, 5) is 15.2. The Morgan fingerprint density at radius 1 is 1.11 bits per heavy atom. The van der Waals surface area contributed by atoms with E-state index in [-0.39, 0.29) is 5.91 Å². The van der Waals surface area contributed by atoms with Gasteiger partial charge in [0.05, 0.1) is 0 Å². The molecule has 1 aromatic heterocycles. The van der Waals surface area contributed by atoms with Crippen LogP contribution in [0.2, 0.25) is 0 Å². The lowest BCUT2D eigenvalue weighted by Gasteiger charge is -2.11. The highest BCUT2D eigenvalue weighted by atomic mass is 16.1. The molecular weight excluding hydrogens is 228 g/mol. The number of amides is 1. The first-order chi connectivity index (χ1) is 8.58. The molecule has 5 nitrogen and oxygen atoms in total. The number of hydrogen-bond donors (Lipinski definition) is 3. The Hall–Kier alpha value is -2.56. The van der Waals surface area contributed by atoms with Gasteiger partial charge in [-0.3, -0.25) is 4.79 Å². The predicted octanol–water partition coefficient (Wildman–Crippen LogP) is 1.87. The number of hydrogen-bond acceptors (Lipinski definition) is 4. The van der Waals surface area contributed by atoms with Gasteiger partial charge in [0.1, 0.15) is 11.6 Å². The van der Waals surface area contributed by atoms with E-state index in [9.17, 15) is 4.79 Å². The van der Waals surface area contributed by atoms with E-state index in [0.717, 1.165) is 11.1 Å². The standard InChI is InChI=1S/C13H14N4O/c1-8(18)16-11-5-3-2-4-9(11)10-6-7-12(14)17-13(10)15/h2-7H,1H3,(H,16,18)(H4,14,15,17). The molecule has 92 valence electrons. The molecule has 5 N–H and O–H groups in total. The van der Waals surface area contributed by atoms with Crippen molar-refractivity contribution in [3.63, 3.8) is 0 Å². The Balaban J connectivity index is 2.53. The van der Waals surface area contributed by atoms with E-state index in [2.05, 4.69) is 10.3 Å². The third-order valence-electron chi connectivity index (χ3n) is 2.47. The van der Waals surface area contributed by atoms with E-state index in [4.69, 9.17) is 11.5 Å². The van der Waals surface area contributed by atoms with Crippen LogP contribution in [0, 0.1) is 0 Å². The number of para-hydroxylation sites is 1. The Kier molecular flexibility index (Phi) is 3.14. The van der Waals surface area contributed by atoms with E-state index in [1.165, 1.54) is 6.92 Å². The molecule has 0 aliphatic carbocycles. The fourth-order valence-electron chi connectivity index (χ4n) is 1.74. The third-order valence-corrected chi connectivity index (χ3v) is 2.47. The summed E-state index contributed by atoms with van der Waals surface area (Å²) in [7, 11) is 0. The lowest BCUT2D eigenvalue weighted by atomic mass is 10.0. The number of pyridine rings is 1. The van der Waals surface area contributed by atoms with Crippen molar-refractivity contribution in [2.24, 2.45) is 0 Å². The number of rotatable bonds is 2. The van der Waals surface area contributed by atoms with Crippen LogP contribution < -0.4 is 16.8 Å². The van der Waals surface area contributed by atoms with Crippen LogP contribution in [0.5, 0.6) is 0 Å². The molecule has 0 aliphatic heterocycles. The number of aromatic nitrogens is 1. The van der Waals surface area contributed by atoms with Gasteiger partial charge in [0, 0.05) is 23.7 Å². The summed E-state index contributed by atoms with van der Waals surface area (Å²) < 4.78 is 0. The molecule has 1 aromatic carbocycles. The molecule has 0 saturated carbocycles. The quantitative estimate of drug-likeness (QED) is 0.749. The molecule has 2 aromatic rings. The van der Waals surface area contributed by atoms with Gasteiger partial charge in [0.15, 0.2) is 0 Å². The Labute approximate surface area is 105 Å². The van der Waals surface area contributed by atoms with Gasteiger partial charge in [-0.1, -0.05) is 18.2 Å². The van der Waals surface area contributed by atoms with Crippen molar-refractivity contribution in [2.75, 3.05) is 16.8 Å². The number of nitrogens with two attached hydrogens (primary N) is 2. The molecule has 0 saturated heterocycles. The summed E-state index contributed by atoms with van der Waals surface area (Å²) in [6.45, 7) is 1.46. The van der Waals surface area contributed by atoms with Crippen LogP contribution >= 0.6 is 0 Å². The van der Waals surface area contributed by atoms with Gasteiger partial charge in [-0.15, -0.1) is 0 Å². The topological polar surface area (TPSA) is 94.0 Å². The van der Waals surface area contributed by atoms with E-state index in [1.807, 2.05) is 24.3 Å². The second kappa shape index (κ2) is 4.75. The number of nitrogens with one attached hydrogen (secondary N) is 1. The molecule has 0 fully saturated rings. The molecule has 0 atom stereocenters. The Bertz CT molecular complexity index is 595. The summed E-state index contributed by atoms with van der Waals surface area (Å²) in [6.07, 6.45) is 0. The average molecular weight is 242 g/mol. The van der Waals surface area contributed by atoms with Crippen molar-refractivity contribution in [3.8, 4) is 11.1 Å². The van der Waals surface area contributed by atoms with Crippen LogP contribution in [0.15, 0.2) is 36.4 Å². The first kappa shape index (κ1) is 11.9. The van der Waals surface area contributed by atoms with Gasteiger partial charge < -0.3 is 16.8 Å². The van der Waals surface area contributed by atoms with E-state index in [0.29, 0.717) is 17.3 Å². The van der Waals surface area contributed by atoms with Gasteiger partial charge in [-0.25, -0.2) is 4.98 Å². The maximum Gasteiger partial charge on any atom is 0.221 e. The largest absolute Gasteiger partial charge is 0.384 e. The van der Waals surface area contributed by atoms with Crippen molar-refractivity contribution in [1.29, 1.82) is 0 Å². The highest BCUT2D eigenvalue weighted by Crippen LogP contribution is 2.31. The van der Waals surface area contributed by atoms with Crippen LogP contribution in [0.25, 0.3) is 11.1 Å². The van der Waals surface area contributed by atoms with Crippen LogP contribution in [0.3, 0.4) is 0 Å². The van der Waals surface area contributed by atoms with Gasteiger partial charge in [-0.05, 0) is 18.2 Å². The Morgan fingerprint density at radius 2 is 1.83 bits per heavy atom. The first-order valence-electron chi connectivity index (χ1n) is 5.47. The Morgan fingerprint density at radius 3 is 2.50 bits per heavy atom. The van der Waals surface area contributed by atoms with Crippen molar-refractivity contribution in [3.05, 3.63) is 36.4 Å². The van der Waals surface area contributed by atoms with Crippen molar-refractivity contribution >= 4 is 23.2 Å². The molecule has 5 heteroatoms. The number of carbonyl (C=O) groups is 1. The summed E-state index contributed by atoms with van der Waals surface area (Å²) in [5.74, 6) is 0.575. The van der Waals surface area contributed by atoms with Gasteiger partial charge in [-0.2, -0.15) is 0 Å². The first-order valence-corrected chi connectivity index (χ1v) is 5.47. The van der Waals surface area contributed by atoms with E-state index >= 15 is 0 Å². The second-order valence-electron chi connectivity index (χ2n) is 3.90. The monoisotopic (exact) mass is 242 g/mol. The maximum atomic E-state index is 11.2. The maximum absolute atomic E-state index is 11.2. The number of nitrogen functional groups attached to an aromatic ring is 2. The van der Waals surface area contributed by atoms with Crippen LogP contribution in [0.1, 0.15) is 6.92 Å². The molecule has 2 rings (SSSR count). The van der Waals surface area contributed by atoms with Gasteiger partial charge >= 0.3 is 0 Å². The zero-order valence-electron chi connectivity index (χ0n) is 9.97. The third kappa shape index (κ3) is 2.40. The molecule has 0 radical (unpaired) electrons. The SMILES string of the molecule is CC(=O)Nc1ccccc1-c1ccc(N)nc1N. The fraction of sp³-hybridized carbons (Fsp3) is 0.0769. The summed E-state index contributed by atoms with van der Waals surface area (Å²) >= 11 is 0. The lowest BCUT2D eigenvalue weighted by molar-refractivity contribution is -0.114. The molecule has 0 bridgehead atoms. The average Bonchev–Trinajstić information content (AvgIpc) is 2.30. The zero-order chi connectivity index (χ0) is 13.1. The molecule has 0 aliphatic rings. The molecule has 1 heterocycles. The summed E-state index contributed by atoms with van der Waals surface area (Å²) in [6, 6.07) is 10.9. The number of benzene rings is 1. The van der Waals surface area contributed by atoms with Crippen LogP contribution in [-0.4, -0.2) is 10.9 Å². The number of carbonyl (C=O) groups excluding carboxylic acids is 1.